The molecule has 1 N–H and O–H groups in total. The lowest BCUT2D eigenvalue weighted by molar-refractivity contribution is 0.258. The highest BCUT2D eigenvalue weighted by molar-refractivity contribution is 7.89. The molecule has 6 nitrogen and oxygen atoms in total. The molecule has 10 heteroatoms. The van der Waals surface area contributed by atoms with E-state index in [4.69, 9.17) is 0 Å². The van der Waals surface area contributed by atoms with Crippen LogP contribution < -0.4 is 5.32 Å². The summed E-state index contributed by atoms with van der Waals surface area (Å²) < 4.78 is 55.5. The average molecular weight is 379 g/mol. The van der Waals surface area contributed by atoms with E-state index in [9.17, 15) is 17.2 Å². The number of imidazole rings is 1. The molecule has 0 saturated carbocycles. The Hall–Kier alpha value is -1.55. The smallest absolute Gasteiger partial charge is 0.244 e. The topological polar surface area (TPSA) is 67.2 Å². The number of piperazine rings is 1. The summed E-state index contributed by atoms with van der Waals surface area (Å²) >= 11 is 0. The van der Waals surface area contributed by atoms with Crippen molar-refractivity contribution >= 4 is 22.4 Å². The highest BCUT2D eigenvalue weighted by atomic mass is 35.5. The van der Waals surface area contributed by atoms with E-state index in [-0.39, 0.29) is 19.0 Å². The largest absolute Gasteiger partial charge is 0.337 e. The Bertz CT molecular complexity index is 808. The minimum atomic E-state index is -4.04. The summed E-state index contributed by atoms with van der Waals surface area (Å²) in [5.41, 5.74) is 0. The zero-order valence-corrected chi connectivity index (χ0v) is 14.4. The quantitative estimate of drug-likeness (QED) is 0.878. The number of hydrogen-bond acceptors (Lipinski definition) is 4. The fourth-order valence-corrected chi connectivity index (χ4v) is 4.33. The van der Waals surface area contributed by atoms with E-state index in [0.29, 0.717) is 25.0 Å². The monoisotopic (exact) mass is 378 g/mol. The molecule has 24 heavy (non-hydrogen) atoms. The van der Waals surface area contributed by atoms with E-state index in [1.165, 1.54) is 4.31 Å². The summed E-state index contributed by atoms with van der Waals surface area (Å²) in [4.78, 5) is 3.81. The van der Waals surface area contributed by atoms with Crippen molar-refractivity contribution in [3.8, 4) is 0 Å². The van der Waals surface area contributed by atoms with Gasteiger partial charge in [-0.15, -0.1) is 12.4 Å². The van der Waals surface area contributed by atoms with Crippen LogP contribution in [0.1, 0.15) is 11.9 Å². The molecule has 0 spiro atoms. The molecule has 0 aliphatic carbocycles. The zero-order chi connectivity index (χ0) is 16.6. The molecule has 2 heterocycles. The van der Waals surface area contributed by atoms with Crippen LogP contribution in [0.15, 0.2) is 35.5 Å². The molecule has 1 atom stereocenters. The Labute approximate surface area is 145 Å². The van der Waals surface area contributed by atoms with Gasteiger partial charge < -0.3 is 9.88 Å². The fourth-order valence-electron chi connectivity index (χ4n) is 2.70. The van der Waals surface area contributed by atoms with E-state index in [2.05, 4.69) is 10.3 Å². The van der Waals surface area contributed by atoms with E-state index in [1.54, 1.807) is 24.0 Å². The van der Waals surface area contributed by atoms with E-state index in [0.717, 1.165) is 12.1 Å². The molecule has 0 amide bonds. The summed E-state index contributed by atoms with van der Waals surface area (Å²) in [5.74, 6) is -1.28. The number of nitrogens with one attached hydrogen (secondary N) is 1. The number of halogens is 3. The second-order valence-electron chi connectivity index (χ2n) is 5.34. The van der Waals surface area contributed by atoms with Crippen molar-refractivity contribution in [2.24, 2.45) is 7.05 Å². The van der Waals surface area contributed by atoms with Gasteiger partial charge in [-0.05, 0) is 12.1 Å². The second kappa shape index (κ2) is 7.14. The van der Waals surface area contributed by atoms with Gasteiger partial charge in [0.25, 0.3) is 0 Å². The van der Waals surface area contributed by atoms with Gasteiger partial charge >= 0.3 is 0 Å². The van der Waals surface area contributed by atoms with Gasteiger partial charge in [-0.2, -0.15) is 4.31 Å². The van der Waals surface area contributed by atoms with Crippen molar-refractivity contribution in [1.82, 2.24) is 19.2 Å². The Morgan fingerprint density at radius 1 is 1.25 bits per heavy atom. The third-order valence-electron chi connectivity index (χ3n) is 3.79. The van der Waals surface area contributed by atoms with Crippen molar-refractivity contribution < 1.29 is 17.2 Å². The summed E-state index contributed by atoms with van der Waals surface area (Å²) in [6.07, 6.45) is 3.30. The maximum Gasteiger partial charge on any atom is 0.244 e. The molecule has 1 saturated heterocycles. The summed E-state index contributed by atoms with van der Waals surface area (Å²) in [5, 5.41) is 3.12. The molecule has 1 unspecified atom stereocenters. The maximum atomic E-state index is 13.4. The summed E-state index contributed by atoms with van der Waals surface area (Å²) in [6, 6.07) is 1.76. The van der Waals surface area contributed by atoms with Crippen LogP contribution >= 0.6 is 12.4 Å². The summed E-state index contributed by atoms with van der Waals surface area (Å²) in [6.45, 7) is 1.03. The molecule has 3 rings (SSSR count). The first kappa shape index (κ1) is 18.8. The lowest BCUT2D eigenvalue weighted by atomic mass is 10.2. The van der Waals surface area contributed by atoms with Crippen LogP contribution in [0.3, 0.4) is 0 Å². The van der Waals surface area contributed by atoms with Gasteiger partial charge in [0.2, 0.25) is 10.0 Å². The highest BCUT2D eigenvalue weighted by Gasteiger charge is 2.36. The molecule has 0 radical (unpaired) electrons. The molecule has 1 aromatic carbocycles. The van der Waals surface area contributed by atoms with Gasteiger partial charge in [-0.25, -0.2) is 22.2 Å². The Morgan fingerprint density at radius 3 is 2.50 bits per heavy atom. The van der Waals surface area contributed by atoms with Gasteiger partial charge in [0.15, 0.2) is 0 Å². The van der Waals surface area contributed by atoms with Crippen molar-refractivity contribution in [2.45, 2.75) is 10.9 Å². The second-order valence-corrected chi connectivity index (χ2v) is 7.23. The highest BCUT2D eigenvalue weighted by Crippen LogP contribution is 2.28. The van der Waals surface area contributed by atoms with Gasteiger partial charge in [-0.1, -0.05) is 0 Å². The number of sulfonamides is 1. The number of rotatable bonds is 3. The maximum absolute atomic E-state index is 13.4. The first-order valence-corrected chi connectivity index (χ1v) is 8.49. The van der Waals surface area contributed by atoms with Crippen LogP contribution in [0.5, 0.6) is 0 Å². The van der Waals surface area contributed by atoms with Crippen LogP contribution in [0, 0.1) is 11.6 Å². The molecule has 132 valence electrons. The predicted octanol–water partition coefficient (Wildman–Crippen LogP) is 1.46. The molecule has 0 bridgehead atoms. The van der Waals surface area contributed by atoms with Crippen LogP contribution in [0.25, 0.3) is 0 Å². The van der Waals surface area contributed by atoms with Crippen LogP contribution in [-0.2, 0) is 17.1 Å². The predicted molar refractivity (Wildman–Crippen MR) is 86.3 cm³/mol. The minimum Gasteiger partial charge on any atom is -0.337 e. The zero-order valence-electron chi connectivity index (χ0n) is 12.8. The molecule has 2 aromatic rings. The van der Waals surface area contributed by atoms with Gasteiger partial charge in [0, 0.05) is 45.1 Å². The average Bonchev–Trinajstić information content (AvgIpc) is 2.92. The lowest BCUT2D eigenvalue weighted by Gasteiger charge is -2.34. The van der Waals surface area contributed by atoms with Crippen LogP contribution in [0.2, 0.25) is 0 Å². The van der Waals surface area contributed by atoms with Crippen molar-refractivity contribution in [3.63, 3.8) is 0 Å². The first-order valence-electron chi connectivity index (χ1n) is 7.05. The first-order chi connectivity index (χ1) is 10.9. The van der Waals surface area contributed by atoms with E-state index >= 15 is 0 Å². The Morgan fingerprint density at radius 2 is 1.92 bits per heavy atom. The molecule has 1 aliphatic heterocycles. The molecule has 1 aliphatic rings. The van der Waals surface area contributed by atoms with Crippen molar-refractivity contribution in [2.75, 3.05) is 19.6 Å². The number of nitrogens with zero attached hydrogens (tertiary/aromatic N) is 3. The number of benzene rings is 1. The van der Waals surface area contributed by atoms with Gasteiger partial charge in [0.1, 0.15) is 17.5 Å². The molecule has 1 aromatic heterocycles. The minimum absolute atomic E-state index is 0. The molecular weight excluding hydrogens is 362 g/mol. The molecule has 1 fully saturated rings. The third kappa shape index (κ3) is 3.44. The Balaban J connectivity index is 0.00000208. The standard InChI is InChI=1S/C14H16F2N4O2S.ClH/c1-19-4-3-18-14(19)13-9-17-2-5-20(13)23(21,22)12-7-10(15)6-11(16)8-12;/h3-4,6-8,13,17H,2,5,9H2,1H3;1H. The number of hydrogen-bond donors (Lipinski definition) is 1. The fraction of sp³-hybridized carbons (Fsp3) is 0.357. The third-order valence-corrected chi connectivity index (χ3v) is 5.68. The van der Waals surface area contributed by atoms with Gasteiger partial charge in [-0.3, -0.25) is 0 Å². The van der Waals surface area contributed by atoms with Crippen molar-refractivity contribution in [3.05, 3.63) is 48.1 Å². The normalized spacial score (nSPS) is 19.0. The van der Waals surface area contributed by atoms with Gasteiger partial charge in [0.05, 0.1) is 10.9 Å². The van der Waals surface area contributed by atoms with Crippen LogP contribution in [0.4, 0.5) is 8.78 Å². The van der Waals surface area contributed by atoms with Crippen molar-refractivity contribution in [1.29, 1.82) is 0 Å². The summed E-state index contributed by atoms with van der Waals surface area (Å²) in [7, 11) is -2.27. The number of aryl methyl sites for hydroxylation is 1. The van der Waals surface area contributed by atoms with Crippen LogP contribution in [-0.4, -0.2) is 41.9 Å². The van der Waals surface area contributed by atoms with E-state index in [1.807, 2.05) is 0 Å². The Kier molecular flexibility index (Phi) is 5.59. The van der Waals surface area contributed by atoms with E-state index < -0.39 is 32.6 Å². The number of aromatic nitrogens is 2. The molecular formula is C14H17ClF2N4O2S. The SMILES string of the molecule is Cl.Cn1ccnc1C1CNCCN1S(=O)(=O)c1cc(F)cc(F)c1. The lowest BCUT2D eigenvalue weighted by Crippen LogP contribution is -2.49.